The standard InChI is InChI=1S/C14H18FN3O/c1-10(19)6-8-18-13-4-3-11(15)9-12(13)17-14(18)5-7-16-2/h3-4,9,16H,5-8H2,1-2H3. The number of likely N-dealkylation sites (N-methyl/N-ethyl adjacent to an activating group) is 1. The first-order valence-corrected chi connectivity index (χ1v) is 6.40. The third kappa shape index (κ3) is 3.17. The van der Waals surface area contributed by atoms with Gasteiger partial charge >= 0.3 is 0 Å². The van der Waals surface area contributed by atoms with Gasteiger partial charge in [-0.25, -0.2) is 9.37 Å². The molecule has 0 unspecified atom stereocenters. The maximum absolute atomic E-state index is 13.2. The number of imidazole rings is 1. The van der Waals surface area contributed by atoms with E-state index in [-0.39, 0.29) is 11.6 Å². The monoisotopic (exact) mass is 263 g/mol. The molecule has 0 aliphatic heterocycles. The molecule has 1 aromatic carbocycles. The Morgan fingerprint density at radius 2 is 2.26 bits per heavy atom. The molecule has 0 saturated heterocycles. The summed E-state index contributed by atoms with van der Waals surface area (Å²) in [4.78, 5) is 15.6. The zero-order valence-corrected chi connectivity index (χ0v) is 11.2. The maximum Gasteiger partial charge on any atom is 0.131 e. The number of rotatable bonds is 6. The highest BCUT2D eigenvalue weighted by Crippen LogP contribution is 2.18. The number of carbonyl (C=O) groups is 1. The summed E-state index contributed by atoms with van der Waals surface area (Å²) in [5.74, 6) is 0.739. The van der Waals surface area contributed by atoms with Crippen LogP contribution in [0.25, 0.3) is 11.0 Å². The van der Waals surface area contributed by atoms with Crippen molar-refractivity contribution in [1.29, 1.82) is 0 Å². The Labute approximate surface area is 111 Å². The lowest BCUT2D eigenvalue weighted by Crippen LogP contribution is -2.15. The van der Waals surface area contributed by atoms with E-state index in [4.69, 9.17) is 0 Å². The number of ketones is 1. The molecule has 0 radical (unpaired) electrons. The van der Waals surface area contributed by atoms with Crippen molar-refractivity contribution >= 4 is 16.8 Å². The minimum atomic E-state index is -0.288. The number of aromatic nitrogens is 2. The van der Waals surface area contributed by atoms with E-state index in [1.165, 1.54) is 12.1 Å². The second-order valence-corrected chi connectivity index (χ2v) is 4.62. The van der Waals surface area contributed by atoms with Crippen molar-refractivity contribution in [1.82, 2.24) is 14.9 Å². The molecule has 0 saturated carbocycles. The number of nitrogens with zero attached hydrogens (tertiary/aromatic N) is 2. The van der Waals surface area contributed by atoms with Gasteiger partial charge in [-0.1, -0.05) is 0 Å². The fourth-order valence-corrected chi connectivity index (χ4v) is 2.10. The van der Waals surface area contributed by atoms with Crippen molar-refractivity contribution < 1.29 is 9.18 Å². The smallest absolute Gasteiger partial charge is 0.131 e. The van der Waals surface area contributed by atoms with Crippen molar-refractivity contribution in [3.8, 4) is 0 Å². The number of hydrogen-bond donors (Lipinski definition) is 1. The average molecular weight is 263 g/mol. The summed E-state index contributed by atoms with van der Waals surface area (Å²) < 4.78 is 15.2. The molecule has 0 atom stereocenters. The Morgan fingerprint density at radius 1 is 1.47 bits per heavy atom. The Morgan fingerprint density at radius 3 is 2.95 bits per heavy atom. The summed E-state index contributed by atoms with van der Waals surface area (Å²) in [7, 11) is 1.88. The third-order valence-corrected chi connectivity index (χ3v) is 3.08. The summed E-state index contributed by atoms with van der Waals surface area (Å²) >= 11 is 0. The number of carbonyl (C=O) groups excluding carboxylic acids is 1. The van der Waals surface area contributed by atoms with Crippen LogP contribution < -0.4 is 5.32 Å². The molecular weight excluding hydrogens is 245 g/mol. The molecular formula is C14H18FN3O. The molecule has 0 amide bonds. The largest absolute Gasteiger partial charge is 0.327 e. The van der Waals surface area contributed by atoms with E-state index in [2.05, 4.69) is 10.3 Å². The second-order valence-electron chi connectivity index (χ2n) is 4.62. The van der Waals surface area contributed by atoms with Crippen LogP contribution >= 0.6 is 0 Å². The third-order valence-electron chi connectivity index (χ3n) is 3.08. The lowest BCUT2D eigenvalue weighted by atomic mass is 10.2. The minimum absolute atomic E-state index is 0.142. The zero-order chi connectivity index (χ0) is 13.8. The average Bonchev–Trinajstić information content (AvgIpc) is 2.70. The van der Waals surface area contributed by atoms with Gasteiger partial charge in [-0.05, 0) is 26.1 Å². The lowest BCUT2D eigenvalue weighted by molar-refractivity contribution is -0.117. The SMILES string of the molecule is CNCCc1nc2cc(F)ccc2n1CCC(C)=O. The van der Waals surface area contributed by atoms with Crippen LogP contribution in [0.4, 0.5) is 4.39 Å². The second kappa shape index (κ2) is 5.93. The van der Waals surface area contributed by atoms with Crippen LogP contribution in [0.3, 0.4) is 0 Å². The molecule has 102 valence electrons. The van der Waals surface area contributed by atoms with Crippen molar-refractivity contribution in [3.63, 3.8) is 0 Å². The molecule has 5 heteroatoms. The fraction of sp³-hybridized carbons (Fsp3) is 0.429. The summed E-state index contributed by atoms with van der Waals surface area (Å²) in [6.45, 7) is 2.97. The first-order chi connectivity index (χ1) is 9.11. The predicted molar refractivity (Wildman–Crippen MR) is 72.6 cm³/mol. The van der Waals surface area contributed by atoms with Crippen LogP contribution in [0.15, 0.2) is 18.2 Å². The molecule has 1 aromatic heterocycles. The van der Waals surface area contributed by atoms with Crippen molar-refractivity contribution in [2.45, 2.75) is 26.3 Å². The van der Waals surface area contributed by atoms with Gasteiger partial charge in [0.1, 0.15) is 17.4 Å². The number of nitrogens with one attached hydrogen (secondary N) is 1. The van der Waals surface area contributed by atoms with E-state index in [0.29, 0.717) is 18.5 Å². The molecule has 1 N–H and O–H groups in total. The van der Waals surface area contributed by atoms with Gasteiger partial charge in [0, 0.05) is 32.0 Å². The zero-order valence-electron chi connectivity index (χ0n) is 11.2. The van der Waals surface area contributed by atoms with Crippen molar-refractivity contribution in [3.05, 3.63) is 29.8 Å². The number of halogens is 1. The number of Topliss-reactive ketones (excluding diaryl/α,β-unsaturated/α-hetero) is 1. The Kier molecular flexibility index (Phi) is 4.27. The fourth-order valence-electron chi connectivity index (χ4n) is 2.10. The van der Waals surface area contributed by atoms with E-state index in [0.717, 1.165) is 24.3 Å². The number of benzene rings is 1. The van der Waals surface area contributed by atoms with Crippen LogP contribution in [-0.4, -0.2) is 28.9 Å². The van der Waals surface area contributed by atoms with Crippen LogP contribution in [0.1, 0.15) is 19.2 Å². The van der Waals surface area contributed by atoms with Gasteiger partial charge in [0.25, 0.3) is 0 Å². The molecule has 19 heavy (non-hydrogen) atoms. The van der Waals surface area contributed by atoms with E-state index in [1.807, 2.05) is 11.6 Å². The number of hydrogen-bond acceptors (Lipinski definition) is 3. The molecule has 0 aliphatic carbocycles. The van der Waals surface area contributed by atoms with Gasteiger partial charge < -0.3 is 9.88 Å². The minimum Gasteiger partial charge on any atom is -0.327 e. The van der Waals surface area contributed by atoms with E-state index >= 15 is 0 Å². The molecule has 2 rings (SSSR count). The van der Waals surface area contributed by atoms with Crippen LogP contribution in [0.2, 0.25) is 0 Å². The Bertz CT molecular complexity index is 592. The quantitative estimate of drug-likeness (QED) is 0.866. The molecule has 4 nitrogen and oxygen atoms in total. The van der Waals surface area contributed by atoms with Crippen molar-refractivity contribution in [2.24, 2.45) is 0 Å². The van der Waals surface area contributed by atoms with Gasteiger partial charge in [0.15, 0.2) is 0 Å². The van der Waals surface area contributed by atoms with Gasteiger partial charge in [0.05, 0.1) is 11.0 Å². The number of fused-ring (bicyclic) bond motifs is 1. The van der Waals surface area contributed by atoms with Gasteiger partial charge in [-0.2, -0.15) is 0 Å². The van der Waals surface area contributed by atoms with E-state index in [9.17, 15) is 9.18 Å². The van der Waals surface area contributed by atoms with Gasteiger partial charge in [-0.15, -0.1) is 0 Å². The lowest BCUT2D eigenvalue weighted by Gasteiger charge is -2.07. The molecule has 1 heterocycles. The highest BCUT2D eigenvalue weighted by molar-refractivity contribution is 5.77. The summed E-state index contributed by atoms with van der Waals surface area (Å²) in [6, 6.07) is 4.58. The molecule has 0 bridgehead atoms. The molecule has 2 aromatic rings. The van der Waals surface area contributed by atoms with E-state index < -0.39 is 0 Å². The van der Waals surface area contributed by atoms with Crippen LogP contribution in [0.5, 0.6) is 0 Å². The van der Waals surface area contributed by atoms with Crippen molar-refractivity contribution in [2.75, 3.05) is 13.6 Å². The Balaban J connectivity index is 2.39. The molecule has 0 spiro atoms. The maximum atomic E-state index is 13.2. The highest BCUT2D eigenvalue weighted by Gasteiger charge is 2.11. The topological polar surface area (TPSA) is 46.9 Å². The summed E-state index contributed by atoms with van der Waals surface area (Å²) in [6.07, 6.45) is 1.22. The molecule has 0 fully saturated rings. The summed E-state index contributed by atoms with van der Waals surface area (Å²) in [5, 5.41) is 3.07. The highest BCUT2D eigenvalue weighted by atomic mass is 19.1. The first kappa shape index (κ1) is 13.7. The summed E-state index contributed by atoms with van der Waals surface area (Å²) in [5.41, 5.74) is 1.53. The van der Waals surface area contributed by atoms with Crippen LogP contribution in [0, 0.1) is 5.82 Å². The van der Waals surface area contributed by atoms with Gasteiger partial charge in [-0.3, -0.25) is 4.79 Å². The normalized spacial score (nSPS) is 11.1. The molecule has 0 aliphatic rings. The first-order valence-electron chi connectivity index (χ1n) is 6.40. The van der Waals surface area contributed by atoms with Crippen LogP contribution in [-0.2, 0) is 17.8 Å². The number of aryl methyl sites for hydroxylation is 1. The van der Waals surface area contributed by atoms with Gasteiger partial charge in [0.2, 0.25) is 0 Å². The van der Waals surface area contributed by atoms with E-state index in [1.54, 1.807) is 13.0 Å². The predicted octanol–water partition coefficient (Wildman–Crippen LogP) is 1.92. The Hall–Kier alpha value is -1.75.